The van der Waals surface area contributed by atoms with Crippen LogP contribution in [0.2, 0.25) is 5.15 Å². The molecule has 0 spiro atoms. The molecule has 2 aromatic rings. The van der Waals surface area contributed by atoms with Gasteiger partial charge in [-0.15, -0.1) is 0 Å². The minimum absolute atomic E-state index is 0.515. The Morgan fingerprint density at radius 3 is 2.75 bits per heavy atom. The fraction of sp³-hybridized carbons (Fsp3) is 0.333. The second-order valence-corrected chi connectivity index (χ2v) is 5.75. The number of hydrogen-bond acceptors (Lipinski definition) is 3. The van der Waals surface area contributed by atoms with E-state index in [2.05, 4.69) is 39.5 Å². The number of ether oxygens (including phenoxy) is 1. The fourth-order valence-electron chi connectivity index (χ4n) is 1.89. The Morgan fingerprint density at radius 2 is 2.05 bits per heavy atom. The highest BCUT2D eigenvalue weighted by Crippen LogP contribution is 2.26. The van der Waals surface area contributed by atoms with Crippen molar-refractivity contribution in [2.24, 2.45) is 0 Å². The van der Waals surface area contributed by atoms with Gasteiger partial charge in [0.2, 0.25) is 0 Å². The number of halogens is 2. The number of hydrogen-bond donors (Lipinski definition) is 0. The van der Waals surface area contributed by atoms with Crippen molar-refractivity contribution < 1.29 is 4.74 Å². The number of rotatable bonds is 5. The maximum absolute atomic E-state index is 6.22. The first-order chi connectivity index (χ1) is 9.65. The third-order valence-electron chi connectivity index (χ3n) is 2.77. The minimum atomic E-state index is 0.515. The molecule has 0 radical (unpaired) electrons. The standard InChI is InChI=1S/C15H16ClIN2O/c1-3-6-12-13(17)14(16)19-15(18-12)10-7-5-8-11(9-10)20-4-2/h5,7-9H,3-4,6H2,1-2H3. The summed E-state index contributed by atoms with van der Waals surface area (Å²) >= 11 is 8.42. The molecule has 5 heteroatoms. The van der Waals surface area contributed by atoms with E-state index >= 15 is 0 Å². The minimum Gasteiger partial charge on any atom is -0.494 e. The molecule has 1 aromatic heterocycles. The third-order valence-corrected chi connectivity index (χ3v) is 4.50. The molecule has 1 aromatic carbocycles. The predicted octanol–water partition coefficient (Wildman–Crippen LogP) is 4.75. The van der Waals surface area contributed by atoms with Crippen LogP contribution in [0, 0.1) is 3.57 Å². The summed E-state index contributed by atoms with van der Waals surface area (Å²) in [6, 6.07) is 7.78. The summed E-state index contributed by atoms with van der Waals surface area (Å²) in [6.45, 7) is 4.73. The summed E-state index contributed by atoms with van der Waals surface area (Å²) in [5.41, 5.74) is 1.93. The molecular weight excluding hydrogens is 387 g/mol. The second kappa shape index (κ2) is 7.22. The number of nitrogens with zero attached hydrogens (tertiary/aromatic N) is 2. The van der Waals surface area contributed by atoms with E-state index in [0.29, 0.717) is 17.6 Å². The first kappa shape index (κ1) is 15.5. The van der Waals surface area contributed by atoms with Gasteiger partial charge in [-0.25, -0.2) is 9.97 Å². The van der Waals surface area contributed by atoms with Gasteiger partial charge in [0.05, 0.1) is 15.9 Å². The molecule has 0 amide bonds. The van der Waals surface area contributed by atoms with Crippen LogP contribution in [0.5, 0.6) is 5.75 Å². The largest absolute Gasteiger partial charge is 0.494 e. The van der Waals surface area contributed by atoms with E-state index in [1.165, 1.54) is 0 Å². The van der Waals surface area contributed by atoms with Crippen LogP contribution in [0.4, 0.5) is 0 Å². The smallest absolute Gasteiger partial charge is 0.161 e. The quantitative estimate of drug-likeness (QED) is 0.534. The van der Waals surface area contributed by atoms with Crippen molar-refractivity contribution in [1.82, 2.24) is 9.97 Å². The Balaban J connectivity index is 2.44. The molecule has 0 fully saturated rings. The van der Waals surface area contributed by atoms with Crippen molar-refractivity contribution in [3.63, 3.8) is 0 Å². The van der Waals surface area contributed by atoms with Gasteiger partial charge in [0, 0.05) is 5.56 Å². The SMILES string of the molecule is CCCc1nc(-c2cccc(OCC)c2)nc(Cl)c1I. The molecule has 0 atom stereocenters. The molecule has 0 N–H and O–H groups in total. The first-order valence-electron chi connectivity index (χ1n) is 6.60. The molecule has 0 saturated heterocycles. The van der Waals surface area contributed by atoms with Crippen LogP contribution in [0.3, 0.4) is 0 Å². The lowest BCUT2D eigenvalue weighted by Crippen LogP contribution is -2.01. The molecule has 0 saturated carbocycles. The van der Waals surface area contributed by atoms with Crippen molar-refractivity contribution >= 4 is 34.2 Å². The predicted molar refractivity (Wildman–Crippen MR) is 90.4 cm³/mol. The number of benzene rings is 1. The summed E-state index contributed by atoms with van der Waals surface area (Å²) in [4.78, 5) is 9.01. The Kier molecular flexibility index (Phi) is 5.60. The van der Waals surface area contributed by atoms with Crippen molar-refractivity contribution in [2.45, 2.75) is 26.7 Å². The molecule has 1 heterocycles. The Labute approximate surface area is 137 Å². The summed E-state index contributed by atoms with van der Waals surface area (Å²) in [5.74, 6) is 1.47. The number of aryl methyl sites for hydroxylation is 1. The molecule has 2 rings (SSSR count). The van der Waals surface area contributed by atoms with Gasteiger partial charge < -0.3 is 4.74 Å². The van der Waals surface area contributed by atoms with Crippen LogP contribution in [0.15, 0.2) is 24.3 Å². The first-order valence-corrected chi connectivity index (χ1v) is 8.06. The molecule has 0 aliphatic carbocycles. The van der Waals surface area contributed by atoms with Gasteiger partial charge >= 0.3 is 0 Å². The average Bonchev–Trinajstić information content (AvgIpc) is 2.44. The van der Waals surface area contributed by atoms with Crippen molar-refractivity contribution in [3.8, 4) is 17.1 Å². The van der Waals surface area contributed by atoms with Gasteiger partial charge in [0.25, 0.3) is 0 Å². The molecule has 106 valence electrons. The van der Waals surface area contributed by atoms with Gasteiger partial charge in [-0.05, 0) is 48.1 Å². The van der Waals surface area contributed by atoms with E-state index in [4.69, 9.17) is 16.3 Å². The Bertz CT molecular complexity index is 604. The second-order valence-electron chi connectivity index (χ2n) is 4.31. The van der Waals surface area contributed by atoms with E-state index in [1.54, 1.807) is 0 Å². The molecule has 0 aliphatic rings. The van der Waals surface area contributed by atoms with Crippen molar-refractivity contribution in [3.05, 3.63) is 38.7 Å². The van der Waals surface area contributed by atoms with Crippen LogP contribution < -0.4 is 4.74 Å². The lowest BCUT2D eigenvalue weighted by Gasteiger charge is -2.09. The van der Waals surface area contributed by atoms with E-state index in [0.717, 1.165) is 33.4 Å². The van der Waals surface area contributed by atoms with Gasteiger partial charge in [0.15, 0.2) is 5.82 Å². The highest BCUT2D eigenvalue weighted by Gasteiger charge is 2.12. The maximum atomic E-state index is 6.22. The highest BCUT2D eigenvalue weighted by molar-refractivity contribution is 14.1. The highest BCUT2D eigenvalue weighted by atomic mass is 127. The van der Waals surface area contributed by atoms with Gasteiger partial charge in [-0.3, -0.25) is 0 Å². The zero-order chi connectivity index (χ0) is 14.5. The van der Waals surface area contributed by atoms with Crippen molar-refractivity contribution in [1.29, 1.82) is 0 Å². The van der Waals surface area contributed by atoms with E-state index in [9.17, 15) is 0 Å². The van der Waals surface area contributed by atoms with Gasteiger partial charge in [-0.2, -0.15) is 0 Å². The zero-order valence-electron chi connectivity index (χ0n) is 11.5. The van der Waals surface area contributed by atoms with E-state index < -0.39 is 0 Å². The van der Waals surface area contributed by atoms with Crippen molar-refractivity contribution in [2.75, 3.05) is 6.61 Å². The van der Waals surface area contributed by atoms with Crippen LogP contribution in [-0.4, -0.2) is 16.6 Å². The summed E-state index contributed by atoms with van der Waals surface area (Å²) in [5, 5.41) is 0.515. The average molecular weight is 403 g/mol. The van der Waals surface area contributed by atoms with Crippen LogP contribution in [0.25, 0.3) is 11.4 Å². The third kappa shape index (κ3) is 3.61. The molecule has 0 aliphatic heterocycles. The molecule has 20 heavy (non-hydrogen) atoms. The monoisotopic (exact) mass is 402 g/mol. The van der Waals surface area contributed by atoms with Crippen LogP contribution in [0.1, 0.15) is 26.0 Å². The summed E-state index contributed by atoms with van der Waals surface area (Å²) < 4.78 is 6.45. The Morgan fingerprint density at radius 1 is 1.25 bits per heavy atom. The van der Waals surface area contributed by atoms with Gasteiger partial charge in [-0.1, -0.05) is 37.1 Å². The van der Waals surface area contributed by atoms with Gasteiger partial charge in [0.1, 0.15) is 10.9 Å². The maximum Gasteiger partial charge on any atom is 0.161 e. The zero-order valence-corrected chi connectivity index (χ0v) is 14.4. The van der Waals surface area contributed by atoms with E-state index in [1.807, 2.05) is 31.2 Å². The number of aromatic nitrogens is 2. The Hall–Kier alpha value is -0.880. The molecule has 3 nitrogen and oxygen atoms in total. The summed E-state index contributed by atoms with van der Waals surface area (Å²) in [7, 11) is 0. The van der Waals surface area contributed by atoms with Crippen LogP contribution >= 0.6 is 34.2 Å². The molecular formula is C15H16ClIN2O. The van der Waals surface area contributed by atoms with Crippen LogP contribution in [-0.2, 0) is 6.42 Å². The molecule has 0 unspecified atom stereocenters. The molecule has 0 bridgehead atoms. The lowest BCUT2D eigenvalue weighted by molar-refractivity contribution is 0.340. The fourth-order valence-corrected chi connectivity index (χ4v) is 2.59. The normalized spacial score (nSPS) is 10.6. The lowest BCUT2D eigenvalue weighted by atomic mass is 10.2. The topological polar surface area (TPSA) is 35.0 Å². The van der Waals surface area contributed by atoms with E-state index in [-0.39, 0.29) is 0 Å². The summed E-state index contributed by atoms with van der Waals surface area (Å²) in [6.07, 6.45) is 1.93.